The van der Waals surface area contributed by atoms with Gasteiger partial charge in [-0.25, -0.2) is 9.07 Å². The first-order valence-corrected chi connectivity index (χ1v) is 6.94. The summed E-state index contributed by atoms with van der Waals surface area (Å²) in [5.74, 6) is 1.26. The van der Waals surface area contributed by atoms with Gasteiger partial charge < -0.3 is 10.1 Å². The summed E-state index contributed by atoms with van der Waals surface area (Å²) in [5.41, 5.74) is 0.278. The molecule has 0 fully saturated rings. The van der Waals surface area contributed by atoms with Crippen LogP contribution in [-0.4, -0.2) is 22.9 Å². The van der Waals surface area contributed by atoms with E-state index in [4.69, 9.17) is 29.6 Å². The van der Waals surface area contributed by atoms with Gasteiger partial charge in [0.2, 0.25) is 5.88 Å². The summed E-state index contributed by atoms with van der Waals surface area (Å²) in [7, 11) is 1.35. The minimum absolute atomic E-state index is 0.0290. The number of hydrogen-bond donors (Lipinski definition) is 1. The number of hydrogen-bond acceptors (Lipinski definition) is 3. The highest BCUT2D eigenvalue weighted by Crippen LogP contribution is 2.39. The van der Waals surface area contributed by atoms with Crippen molar-refractivity contribution in [2.45, 2.75) is 6.61 Å². The first-order valence-electron chi connectivity index (χ1n) is 6.19. The van der Waals surface area contributed by atoms with Crippen molar-refractivity contribution in [2.24, 2.45) is 7.05 Å². The van der Waals surface area contributed by atoms with Gasteiger partial charge >= 0.3 is 6.61 Å². The SMILES string of the molecule is C#CCNc1cc(-c2nn(C)c(OC(F)F)c2Cl)c(F)cc1Cl. The van der Waals surface area contributed by atoms with E-state index in [1.807, 2.05) is 0 Å². The Morgan fingerprint density at radius 1 is 1.43 bits per heavy atom. The molecule has 0 aliphatic heterocycles. The van der Waals surface area contributed by atoms with Gasteiger partial charge in [0.05, 0.1) is 17.3 Å². The smallest absolute Gasteiger partial charge is 0.388 e. The number of nitrogens with zero attached hydrogens (tertiary/aromatic N) is 2. The Morgan fingerprint density at radius 2 is 2.13 bits per heavy atom. The van der Waals surface area contributed by atoms with Crippen LogP contribution in [0.25, 0.3) is 11.3 Å². The van der Waals surface area contributed by atoms with E-state index in [9.17, 15) is 13.2 Å². The number of benzene rings is 1. The summed E-state index contributed by atoms with van der Waals surface area (Å²) < 4.78 is 44.2. The van der Waals surface area contributed by atoms with Crippen molar-refractivity contribution in [3.8, 4) is 29.5 Å². The Balaban J connectivity index is 2.52. The zero-order valence-electron chi connectivity index (χ0n) is 11.7. The van der Waals surface area contributed by atoms with Crippen molar-refractivity contribution >= 4 is 28.9 Å². The minimum Gasteiger partial charge on any atom is -0.416 e. The molecule has 1 heterocycles. The molecule has 4 nitrogen and oxygen atoms in total. The first-order chi connectivity index (χ1) is 10.8. The topological polar surface area (TPSA) is 39.1 Å². The number of terminal acetylenes is 1. The number of halogens is 5. The average Bonchev–Trinajstić information content (AvgIpc) is 2.74. The summed E-state index contributed by atoms with van der Waals surface area (Å²) in [5, 5.41) is 6.60. The van der Waals surface area contributed by atoms with Crippen molar-refractivity contribution in [2.75, 3.05) is 11.9 Å². The molecule has 9 heteroatoms. The lowest BCUT2D eigenvalue weighted by molar-refractivity contribution is -0.0552. The second-order valence-electron chi connectivity index (χ2n) is 4.34. The molecule has 0 spiro atoms. The standard InChI is InChI=1S/C14H10Cl2F3N3O/c1-3-4-20-10-5-7(9(17)6-8(10)15)12-11(16)13(22(2)21-12)23-14(18)19/h1,5-6,14,20H,4H2,2H3. The second kappa shape index (κ2) is 7.02. The molecule has 0 aliphatic carbocycles. The number of anilines is 1. The quantitative estimate of drug-likeness (QED) is 0.810. The zero-order chi connectivity index (χ0) is 17.1. The molecule has 1 aromatic carbocycles. The monoisotopic (exact) mass is 363 g/mol. The number of aromatic nitrogens is 2. The molecule has 0 atom stereocenters. The fourth-order valence-electron chi connectivity index (χ4n) is 1.88. The van der Waals surface area contributed by atoms with Gasteiger partial charge in [0.25, 0.3) is 0 Å². The summed E-state index contributed by atoms with van der Waals surface area (Å²) in [6.07, 6.45) is 5.15. The van der Waals surface area contributed by atoms with Gasteiger partial charge in [-0.15, -0.1) is 6.42 Å². The molecule has 0 saturated carbocycles. The summed E-state index contributed by atoms with van der Waals surface area (Å²) in [6.45, 7) is -2.92. The second-order valence-corrected chi connectivity index (χ2v) is 5.12. The van der Waals surface area contributed by atoms with E-state index in [0.29, 0.717) is 5.69 Å². The van der Waals surface area contributed by atoms with Gasteiger partial charge in [-0.3, -0.25) is 0 Å². The molecule has 2 rings (SSSR count). The van der Waals surface area contributed by atoms with Crippen LogP contribution in [0.1, 0.15) is 0 Å². The van der Waals surface area contributed by atoms with Crippen LogP contribution in [0.5, 0.6) is 5.88 Å². The molecule has 23 heavy (non-hydrogen) atoms. The highest BCUT2D eigenvalue weighted by atomic mass is 35.5. The number of alkyl halides is 2. The molecule has 0 amide bonds. The molecule has 0 bridgehead atoms. The number of aryl methyl sites for hydroxylation is 1. The summed E-state index contributed by atoms with van der Waals surface area (Å²) in [4.78, 5) is 0. The van der Waals surface area contributed by atoms with Crippen molar-refractivity contribution < 1.29 is 17.9 Å². The predicted octanol–water partition coefficient (Wildman–Crippen LogP) is 4.18. The third kappa shape index (κ3) is 3.66. The van der Waals surface area contributed by atoms with E-state index in [1.165, 1.54) is 13.1 Å². The Kier molecular flexibility index (Phi) is 5.29. The zero-order valence-corrected chi connectivity index (χ0v) is 13.2. The van der Waals surface area contributed by atoms with E-state index in [1.54, 1.807) is 0 Å². The molecule has 0 aliphatic rings. The van der Waals surface area contributed by atoms with E-state index < -0.39 is 12.4 Å². The lowest BCUT2D eigenvalue weighted by atomic mass is 10.1. The van der Waals surface area contributed by atoms with Crippen LogP contribution in [0.4, 0.5) is 18.9 Å². The maximum absolute atomic E-state index is 14.2. The lowest BCUT2D eigenvalue weighted by Gasteiger charge is -2.09. The van der Waals surface area contributed by atoms with E-state index in [-0.39, 0.29) is 33.7 Å². The maximum Gasteiger partial charge on any atom is 0.388 e. The molecule has 2 aromatic rings. The number of nitrogens with one attached hydrogen (secondary N) is 1. The highest BCUT2D eigenvalue weighted by molar-refractivity contribution is 6.35. The number of rotatable bonds is 5. The van der Waals surface area contributed by atoms with E-state index in [2.05, 4.69) is 21.1 Å². The third-order valence-corrected chi connectivity index (χ3v) is 3.49. The van der Waals surface area contributed by atoms with Gasteiger partial charge in [-0.05, 0) is 12.1 Å². The largest absolute Gasteiger partial charge is 0.416 e. The lowest BCUT2D eigenvalue weighted by Crippen LogP contribution is -2.06. The van der Waals surface area contributed by atoms with Crippen LogP contribution < -0.4 is 10.1 Å². The van der Waals surface area contributed by atoms with Gasteiger partial charge in [-0.2, -0.15) is 13.9 Å². The Morgan fingerprint density at radius 3 is 2.74 bits per heavy atom. The highest BCUT2D eigenvalue weighted by Gasteiger charge is 2.23. The third-order valence-electron chi connectivity index (χ3n) is 2.83. The summed E-state index contributed by atoms with van der Waals surface area (Å²) >= 11 is 11.9. The van der Waals surface area contributed by atoms with Crippen molar-refractivity contribution in [1.82, 2.24) is 9.78 Å². The molecule has 0 saturated heterocycles. The Labute approximate surface area is 140 Å². The van der Waals surface area contributed by atoms with Crippen LogP contribution in [-0.2, 0) is 7.05 Å². The fourth-order valence-corrected chi connectivity index (χ4v) is 2.40. The van der Waals surface area contributed by atoms with Gasteiger partial charge in [-0.1, -0.05) is 29.1 Å². The molecule has 0 unspecified atom stereocenters. The van der Waals surface area contributed by atoms with Gasteiger partial charge in [0.15, 0.2) is 0 Å². The van der Waals surface area contributed by atoms with Crippen LogP contribution in [0.3, 0.4) is 0 Å². The first kappa shape index (κ1) is 17.3. The summed E-state index contributed by atoms with van der Waals surface area (Å²) in [6, 6.07) is 2.39. The van der Waals surface area contributed by atoms with Crippen molar-refractivity contribution in [3.05, 3.63) is 28.0 Å². The molecular weight excluding hydrogens is 354 g/mol. The maximum atomic E-state index is 14.2. The van der Waals surface area contributed by atoms with Crippen molar-refractivity contribution in [1.29, 1.82) is 0 Å². The molecule has 0 radical (unpaired) electrons. The normalized spacial score (nSPS) is 10.7. The average molecular weight is 364 g/mol. The van der Waals surface area contributed by atoms with Crippen LogP contribution >= 0.6 is 23.2 Å². The molecule has 1 aromatic heterocycles. The van der Waals surface area contributed by atoms with Gasteiger partial charge in [0, 0.05) is 12.6 Å². The Bertz CT molecular complexity index is 772. The number of ether oxygens (including phenoxy) is 1. The van der Waals surface area contributed by atoms with E-state index in [0.717, 1.165) is 10.7 Å². The van der Waals surface area contributed by atoms with E-state index >= 15 is 0 Å². The molecular formula is C14H10Cl2F3N3O. The fraction of sp³-hybridized carbons (Fsp3) is 0.214. The molecule has 122 valence electrons. The molecule has 1 N–H and O–H groups in total. The Hall–Kier alpha value is -2.04. The van der Waals surface area contributed by atoms with Crippen LogP contribution in [0.15, 0.2) is 12.1 Å². The van der Waals surface area contributed by atoms with Crippen LogP contribution in [0, 0.1) is 18.2 Å². The van der Waals surface area contributed by atoms with Crippen LogP contribution in [0.2, 0.25) is 10.0 Å². The predicted molar refractivity (Wildman–Crippen MR) is 82.6 cm³/mol. The van der Waals surface area contributed by atoms with Gasteiger partial charge in [0.1, 0.15) is 16.5 Å². The minimum atomic E-state index is -3.08. The van der Waals surface area contributed by atoms with Crippen molar-refractivity contribution in [3.63, 3.8) is 0 Å².